The molecule has 0 unspecified atom stereocenters. The molecule has 0 spiro atoms. The number of carboxylic acids is 1. The minimum Gasteiger partial charge on any atom is -0.478 e. The molecule has 1 fully saturated rings. The Bertz CT molecular complexity index is 709. The van der Waals surface area contributed by atoms with Gasteiger partial charge in [0.05, 0.1) is 35.0 Å². The second-order valence-electron chi connectivity index (χ2n) is 5.07. The van der Waals surface area contributed by atoms with Crippen molar-refractivity contribution in [3.63, 3.8) is 0 Å². The Morgan fingerprint density at radius 3 is 2.65 bits per heavy atom. The number of nitrogens with one attached hydrogen (secondary N) is 1. The normalized spacial score (nSPS) is 14.5. The lowest BCUT2D eigenvalue weighted by Crippen LogP contribution is -2.36. The van der Waals surface area contributed by atoms with Crippen LogP contribution in [0.25, 0.3) is 0 Å². The highest BCUT2D eigenvalue weighted by molar-refractivity contribution is 7.12. The van der Waals surface area contributed by atoms with Gasteiger partial charge in [-0.15, -0.1) is 11.3 Å². The molecule has 0 atom stereocenters. The number of hydrogen-bond donors (Lipinski definition) is 2. The Labute approximate surface area is 137 Å². The van der Waals surface area contributed by atoms with Crippen molar-refractivity contribution in [2.45, 2.75) is 0 Å². The zero-order valence-corrected chi connectivity index (χ0v) is 13.1. The predicted molar refractivity (Wildman–Crippen MR) is 88.7 cm³/mol. The maximum absolute atomic E-state index is 12.3. The zero-order valence-electron chi connectivity index (χ0n) is 12.3. The number of carbonyl (C=O) groups excluding carboxylic acids is 1. The van der Waals surface area contributed by atoms with Crippen LogP contribution in [0.3, 0.4) is 0 Å². The number of hydrogen-bond acceptors (Lipinski definition) is 5. The van der Waals surface area contributed by atoms with Gasteiger partial charge in [-0.05, 0) is 29.6 Å². The van der Waals surface area contributed by atoms with Crippen molar-refractivity contribution in [2.24, 2.45) is 0 Å². The summed E-state index contributed by atoms with van der Waals surface area (Å²) >= 11 is 1.34. The van der Waals surface area contributed by atoms with Crippen LogP contribution in [0.4, 0.5) is 11.4 Å². The number of carboxylic acid groups (broad SMARTS) is 1. The summed E-state index contributed by atoms with van der Waals surface area (Å²) in [6, 6.07) is 8.32. The smallest absolute Gasteiger partial charge is 0.335 e. The Hall–Kier alpha value is -2.38. The minimum absolute atomic E-state index is 0.142. The molecule has 23 heavy (non-hydrogen) atoms. The summed E-state index contributed by atoms with van der Waals surface area (Å²) < 4.78 is 5.34. The molecule has 7 heteroatoms. The Kier molecular flexibility index (Phi) is 4.59. The highest BCUT2D eigenvalue weighted by Gasteiger charge is 2.18. The number of anilines is 2. The molecule has 1 aliphatic heterocycles. The monoisotopic (exact) mass is 332 g/mol. The van der Waals surface area contributed by atoms with Crippen LogP contribution in [0.5, 0.6) is 0 Å². The van der Waals surface area contributed by atoms with Gasteiger partial charge in [0, 0.05) is 13.1 Å². The largest absolute Gasteiger partial charge is 0.478 e. The van der Waals surface area contributed by atoms with E-state index < -0.39 is 5.97 Å². The standard InChI is InChI=1S/C16H16N2O4S/c19-15(14-2-1-9-23-14)17-12-10-11(16(20)21)3-4-13(12)18-5-7-22-8-6-18/h1-4,9-10H,5-8H2,(H,17,19)(H,20,21). The molecule has 1 aliphatic rings. The Morgan fingerprint density at radius 2 is 2.00 bits per heavy atom. The predicted octanol–water partition coefficient (Wildman–Crippen LogP) is 2.54. The van der Waals surface area contributed by atoms with Crippen molar-refractivity contribution in [1.29, 1.82) is 0 Å². The first-order chi connectivity index (χ1) is 11.1. The summed E-state index contributed by atoms with van der Waals surface area (Å²) in [7, 11) is 0. The van der Waals surface area contributed by atoms with Crippen LogP contribution < -0.4 is 10.2 Å². The van der Waals surface area contributed by atoms with E-state index in [1.165, 1.54) is 17.4 Å². The summed E-state index contributed by atoms with van der Waals surface area (Å²) in [6.07, 6.45) is 0. The fourth-order valence-electron chi connectivity index (χ4n) is 2.44. The number of nitrogens with zero attached hydrogens (tertiary/aromatic N) is 1. The molecular weight excluding hydrogens is 316 g/mol. The second kappa shape index (κ2) is 6.80. The number of carbonyl (C=O) groups is 2. The topological polar surface area (TPSA) is 78.9 Å². The van der Waals surface area contributed by atoms with Gasteiger partial charge in [0.25, 0.3) is 5.91 Å². The summed E-state index contributed by atoms with van der Waals surface area (Å²) in [5.74, 6) is -1.26. The Morgan fingerprint density at radius 1 is 1.22 bits per heavy atom. The van der Waals surface area contributed by atoms with E-state index in [4.69, 9.17) is 4.74 Å². The van der Waals surface area contributed by atoms with E-state index in [0.717, 1.165) is 5.69 Å². The van der Waals surface area contributed by atoms with Crippen LogP contribution in [0.1, 0.15) is 20.0 Å². The molecule has 0 aliphatic carbocycles. The fourth-order valence-corrected chi connectivity index (χ4v) is 3.06. The maximum atomic E-state index is 12.3. The highest BCUT2D eigenvalue weighted by atomic mass is 32.1. The first-order valence-electron chi connectivity index (χ1n) is 7.20. The van der Waals surface area contributed by atoms with Crippen molar-refractivity contribution in [3.8, 4) is 0 Å². The van der Waals surface area contributed by atoms with E-state index >= 15 is 0 Å². The molecule has 2 N–H and O–H groups in total. The van der Waals surface area contributed by atoms with Crippen LogP contribution >= 0.6 is 11.3 Å². The van der Waals surface area contributed by atoms with Gasteiger partial charge in [0.2, 0.25) is 0 Å². The number of benzene rings is 1. The highest BCUT2D eigenvalue weighted by Crippen LogP contribution is 2.29. The summed E-state index contributed by atoms with van der Waals surface area (Å²) in [6.45, 7) is 2.63. The first kappa shape index (κ1) is 15.5. The van der Waals surface area contributed by atoms with Gasteiger partial charge in [-0.2, -0.15) is 0 Å². The second-order valence-corrected chi connectivity index (χ2v) is 6.02. The van der Waals surface area contributed by atoms with Crippen molar-refractivity contribution in [3.05, 3.63) is 46.2 Å². The summed E-state index contributed by atoms with van der Waals surface area (Å²) in [5.41, 5.74) is 1.46. The van der Waals surface area contributed by atoms with Gasteiger partial charge >= 0.3 is 5.97 Å². The first-order valence-corrected chi connectivity index (χ1v) is 8.08. The zero-order chi connectivity index (χ0) is 16.2. The van der Waals surface area contributed by atoms with Crippen molar-refractivity contribution < 1.29 is 19.4 Å². The number of amides is 1. The molecule has 1 saturated heterocycles. The molecule has 0 bridgehead atoms. The van der Waals surface area contributed by atoms with E-state index in [9.17, 15) is 14.7 Å². The number of ether oxygens (including phenoxy) is 1. The lowest BCUT2D eigenvalue weighted by atomic mass is 10.1. The SMILES string of the molecule is O=C(O)c1ccc(N2CCOCC2)c(NC(=O)c2cccs2)c1. The fraction of sp³-hybridized carbons (Fsp3) is 0.250. The number of aromatic carboxylic acids is 1. The molecular formula is C16H16N2O4S. The quantitative estimate of drug-likeness (QED) is 0.899. The average Bonchev–Trinajstić information content (AvgIpc) is 3.10. The van der Waals surface area contributed by atoms with Gasteiger partial charge in [-0.1, -0.05) is 6.07 Å². The van der Waals surface area contributed by atoms with E-state index in [1.54, 1.807) is 24.3 Å². The lowest BCUT2D eigenvalue weighted by molar-refractivity contribution is 0.0696. The molecule has 6 nitrogen and oxygen atoms in total. The number of thiophene rings is 1. The van der Waals surface area contributed by atoms with Crippen molar-refractivity contribution in [2.75, 3.05) is 36.5 Å². The van der Waals surface area contributed by atoms with Gasteiger partial charge < -0.3 is 20.1 Å². The van der Waals surface area contributed by atoms with Gasteiger partial charge in [0.1, 0.15) is 0 Å². The molecule has 1 aromatic heterocycles. The molecule has 120 valence electrons. The summed E-state index contributed by atoms with van der Waals surface area (Å²) in [5, 5.41) is 13.8. The van der Waals surface area contributed by atoms with Crippen LogP contribution in [0.15, 0.2) is 35.7 Å². The molecule has 0 saturated carbocycles. The maximum Gasteiger partial charge on any atom is 0.335 e. The molecule has 1 amide bonds. The van der Waals surface area contributed by atoms with Gasteiger partial charge in [0.15, 0.2) is 0 Å². The van der Waals surface area contributed by atoms with E-state index in [2.05, 4.69) is 10.2 Å². The minimum atomic E-state index is -1.02. The van der Waals surface area contributed by atoms with Crippen LogP contribution in [-0.4, -0.2) is 43.3 Å². The van der Waals surface area contributed by atoms with Gasteiger partial charge in [-0.3, -0.25) is 4.79 Å². The molecule has 1 aromatic carbocycles. The molecule has 0 radical (unpaired) electrons. The number of rotatable bonds is 4. The summed E-state index contributed by atoms with van der Waals surface area (Å²) in [4.78, 5) is 26.2. The van der Waals surface area contributed by atoms with Crippen LogP contribution in [0.2, 0.25) is 0 Å². The Balaban J connectivity index is 1.92. The third-order valence-electron chi connectivity index (χ3n) is 3.59. The van der Waals surface area contributed by atoms with Crippen LogP contribution in [-0.2, 0) is 4.74 Å². The average molecular weight is 332 g/mol. The third-order valence-corrected chi connectivity index (χ3v) is 4.46. The van der Waals surface area contributed by atoms with Crippen molar-refractivity contribution in [1.82, 2.24) is 0 Å². The van der Waals surface area contributed by atoms with Crippen molar-refractivity contribution >= 4 is 34.6 Å². The van der Waals surface area contributed by atoms with Gasteiger partial charge in [-0.25, -0.2) is 4.79 Å². The molecule has 2 heterocycles. The molecule has 2 aromatic rings. The van der Waals surface area contributed by atoms with E-state index in [1.807, 2.05) is 5.38 Å². The third kappa shape index (κ3) is 3.52. The van der Waals surface area contributed by atoms with E-state index in [0.29, 0.717) is 36.9 Å². The lowest BCUT2D eigenvalue weighted by Gasteiger charge is -2.30. The van der Waals surface area contributed by atoms with E-state index in [-0.39, 0.29) is 11.5 Å². The molecule has 3 rings (SSSR count). The number of morpholine rings is 1. The van der Waals surface area contributed by atoms with Crippen LogP contribution in [0, 0.1) is 0 Å².